The Labute approximate surface area is 164 Å². The predicted molar refractivity (Wildman–Crippen MR) is 107 cm³/mol. The number of thiophene rings is 1. The average Bonchev–Trinajstić information content (AvgIpc) is 3.28. The summed E-state index contributed by atoms with van der Waals surface area (Å²) in [5, 5.41) is 10.6. The predicted octanol–water partition coefficient (Wildman–Crippen LogP) is 1.98. The van der Waals surface area contributed by atoms with Crippen LogP contribution in [0.2, 0.25) is 0 Å². The molecule has 0 aliphatic heterocycles. The first kappa shape index (κ1) is 21.4. The van der Waals surface area contributed by atoms with Crippen LogP contribution in [0.15, 0.2) is 25.9 Å². The van der Waals surface area contributed by atoms with Crippen LogP contribution in [-0.4, -0.2) is 45.0 Å². The van der Waals surface area contributed by atoms with Gasteiger partial charge in [-0.3, -0.25) is 4.99 Å². The van der Waals surface area contributed by atoms with Gasteiger partial charge in [-0.2, -0.15) is 0 Å². The molecule has 150 valence electrons. The van der Waals surface area contributed by atoms with Gasteiger partial charge in [-0.05, 0) is 18.6 Å². The maximum absolute atomic E-state index is 12.2. The quantitative estimate of drug-likeness (QED) is 0.507. The van der Waals surface area contributed by atoms with Crippen molar-refractivity contribution in [2.45, 2.75) is 44.0 Å². The van der Waals surface area contributed by atoms with E-state index < -0.39 is 10.0 Å². The van der Waals surface area contributed by atoms with Gasteiger partial charge in [0.2, 0.25) is 0 Å². The van der Waals surface area contributed by atoms with E-state index in [1.807, 2.05) is 19.9 Å². The van der Waals surface area contributed by atoms with Gasteiger partial charge in [0, 0.05) is 44.5 Å². The minimum atomic E-state index is -3.39. The third-order valence-corrected chi connectivity index (χ3v) is 7.43. The van der Waals surface area contributed by atoms with Gasteiger partial charge in [-0.1, -0.05) is 19.0 Å². The first-order chi connectivity index (χ1) is 12.8. The molecule has 2 N–H and O–H groups in total. The van der Waals surface area contributed by atoms with E-state index in [9.17, 15) is 8.42 Å². The zero-order chi connectivity index (χ0) is 20.0. The summed E-state index contributed by atoms with van der Waals surface area (Å²) in [5.74, 6) is 1.51. The maximum Gasteiger partial charge on any atom is 0.252 e. The van der Waals surface area contributed by atoms with Crippen molar-refractivity contribution in [3.8, 4) is 0 Å². The first-order valence-electron chi connectivity index (χ1n) is 8.75. The van der Waals surface area contributed by atoms with Crippen molar-refractivity contribution in [1.82, 2.24) is 20.1 Å². The van der Waals surface area contributed by atoms with Crippen molar-refractivity contribution < 1.29 is 12.9 Å². The summed E-state index contributed by atoms with van der Waals surface area (Å²) in [6.07, 6.45) is 1.60. The van der Waals surface area contributed by atoms with E-state index in [-0.39, 0.29) is 0 Å². The van der Waals surface area contributed by atoms with Crippen molar-refractivity contribution in [2.75, 3.05) is 21.1 Å². The van der Waals surface area contributed by atoms with Gasteiger partial charge in [-0.25, -0.2) is 12.7 Å². The van der Waals surface area contributed by atoms with Crippen molar-refractivity contribution in [3.05, 3.63) is 34.0 Å². The molecule has 0 fully saturated rings. The fourth-order valence-electron chi connectivity index (χ4n) is 2.47. The standard InChI is InChI=1S/C17H27N5O3S2/c1-6-14-13(15(7-2)25-21-14)11-20-17(18-3)19-10-12-8-9-16(26-12)27(23,24)22(4)5/h8-9H,6-7,10-11H2,1-5H3,(H2,18,19,20). The molecule has 0 amide bonds. The molecule has 0 aromatic carbocycles. The lowest BCUT2D eigenvalue weighted by molar-refractivity contribution is 0.380. The van der Waals surface area contributed by atoms with Gasteiger partial charge in [-0.15, -0.1) is 11.3 Å². The summed E-state index contributed by atoms with van der Waals surface area (Å²) in [6, 6.07) is 3.44. The molecular formula is C17H27N5O3S2. The molecule has 0 radical (unpaired) electrons. The molecule has 0 saturated carbocycles. The van der Waals surface area contributed by atoms with Crippen LogP contribution in [0.25, 0.3) is 0 Å². The highest BCUT2D eigenvalue weighted by molar-refractivity contribution is 7.91. The van der Waals surface area contributed by atoms with E-state index in [4.69, 9.17) is 4.52 Å². The summed E-state index contributed by atoms with van der Waals surface area (Å²) in [7, 11) is 1.35. The molecule has 8 nitrogen and oxygen atoms in total. The smallest absolute Gasteiger partial charge is 0.252 e. The topological polar surface area (TPSA) is 99.8 Å². The number of aliphatic imine (C=N–C) groups is 1. The molecular weight excluding hydrogens is 386 g/mol. The lowest BCUT2D eigenvalue weighted by Crippen LogP contribution is -2.36. The first-order valence-corrected chi connectivity index (χ1v) is 11.0. The number of aryl methyl sites for hydroxylation is 2. The third kappa shape index (κ3) is 5.08. The Bertz CT molecular complexity index is 863. The van der Waals surface area contributed by atoms with Gasteiger partial charge in [0.05, 0.1) is 12.2 Å². The molecule has 27 heavy (non-hydrogen) atoms. The number of sulfonamides is 1. The minimum absolute atomic E-state index is 0.330. The molecule has 0 spiro atoms. The van der Waals surface area contributed by atoms with Crippen LogP contribution in [0.4, 0.5) is 0 Å². The molecule has 0 aliphatic rings. The van der Waals surface area contributed by atoms with E-state index in [2.05, 4.69) is 20.8 Å². The number of nitrogens with zero attached hydrogens (tertiary/aromatic N) is 3. The maximum atomic E-state index is 12.2. The van der Waals surface area contributed by atoms with Gasteiger partial charge in [0.15, 0.2) is 5.96 Å². The number of rotatable bonds is 8. The Morgan fingerprint density at radius 3 is 2.52 bits per heavy atom. The molecule has 2 rings (SSSR count). The fourth-order valence-corrected chi connectivity index (χ4v) is 4.94. The number of aromatic nitrogens is 1. The zero-order valence-corrected chi connectivity index (χ0v) is 18.0. The van der Waals surface area contributed by atoms with Gasteiger partial charge in [0.1, 0.15) is 9.97 Å². The van der Waals surface area contributed by atoms with Crippen molar-refractivity contribution >= 4 is 27.3 Å². The van der Waals surface area contributed by atoms with Crippen molar-refractivity contribution in [2.24, 2.45) is 4.99 Å². The largest absolute Gasteiger partial charge is 0.361 e. The lowest BCUT2D eigenvalue weighted by atomic mass is 10.1. The fraction of sp³-hybridized carbons (Fsp3) is 0.529. The SMILES string of the molecule is CCc1noc(CC)c1CNC(=NC)NCc1ccc(S(=O)(=O)N(C)C)s1. The van der Waals surface area contributed by atoms with Crippen LogP contribution >= 0.6 is 11.3 Å². The van der Waals surface area contributed by atoms with E-state index in [1.54, 1.807) is 13.1 Å². The van der Waals surface area contributed by atoms with Crippen LogP contribution in [0, 0.1) is 0 Å². The lowest BCUT2D eigenvalue weighted by Gasteiger charge is -2.11. The Hall–Kier alpha value is -1.91. The molecule has 2 heterocycles. The molecule has 10 heteroatoms. The summed E-state index contributed by atoms with van der Waals surface area (Å²) < 4.78 is 31.2. The van der Waals surface area contributed by atoms with Crippen LogP contribution in [-0.2, 0) is 36.0 Å². The highest BCUT2D eigenvalue weighted by Crippen LogP contribution is 2.23. The second kappa shape index (κ2) is 9.34. The van der Waals surface area contributed by atoms with Crippen molar-refractivity contribution in [3.63, 3.8) is 0 Å². The van der Waals surface area contributed by atoms with E-state index >= 15 is 0 Å². The Balaban J connectivity index is 1.97. The number of hydrogen-bond donors (Lipinski definition) is 2. The zero-order valence-electron chi connectivity index (χ0n) is 16.4. The Morgan fingerprint density at radius 1 is 1.22 bits per heavy atom. The second-order valence-corrected chi connectivity index (χ2v) is 9.57. The molecule has 0 atom stereocenters. The summed E-state index contributed by atoms with van der Waals surface area (Å²) in [4.78, 5) is 5.13. The van der Waals surface area contributed by atoms with E-state index in [1.165, 1.54) is 29.7 Å². The number of hydrogen-bond acceptors (Lipinski definition) is 6. The highest BCUT2D eigenvalue weighted by atomic mass is 32.2. The molecule has 0 aliphatic carbocycles. The molecule has 0 bridgehead atoms. The summed E-state index contributed by atoms with van der Waals surface area (Å²) >= 11 is 1.25. The Kier molecular flexibility index (Phi) is 7.40. The average molecular weight is 414 g/mol. The van der Waals surface area contributed by atoms with Crippen molar-refractivity contribution in [1.29, 1.82) is 0 Å². The van der Waals surface area contributed by atoms with Gasteiger partial charge in [0.25, 0.3) is 10.0 Å². The minimum Gasteiger partial charge on any atom is -0.361 e. The summed E-state index contributed by atoms with van der Waals surface area (Å²) in [6.45, 7) is 5.13. The van der Waals surface area contributed by atoms with Gasteiger partial charge < -0.3 is 15.2 Å². The van der Waals surface area contributed by atoms with Crippen LogP contribution in [0.5, 0.6) is 0 Å². The van der Waals surface area contributed by atoms with Crippen LogP contribution < -0.4 is 10.6 Å². The van der Waals surface area contributed by atoms with Crippen LogP contribution in [0.3, 0.4) is 0 Å². The number of guanidine groups is 1. The van der Waals surface area contributed by atoms with Gasteiger partial charge >= 0.3 is 0 Å². The number of nitrogens with one attached hydrogen (secondary N) is 2. The molecule has 0 unspecified atom stereocenters. The Morgan fingerprint density at radius 2 is 1.93 bits per heavy atom. The normalized spacial score (nSPS) is 12.6. The second-order valence-electron chi connectivity index (χ2n) is 6.03. The van der Waals surface area contributed by atoms with E-state index in [0.717, 1.165) is 34.7 Å². The van der Waals surface area contributed by atoms with Crippen LogP contribution in [0.1, 0.15) is 35.7 Å². The third-order valence-electron chi connectivity index (χ3n) is 4.07. The monoisotopic (exact) mass is 413 g/mol. The molecule has 2 aromatic rings. The molecule has 0 saturated heterocycles. The van der Waals surface area contributed by atoms with E-state index in [0.29, 0.717) is 23.3 Å². The summed E-state index contributed by atoms with van der Waals surface area (Å²) in [5.41, 5.74) is 2.02. The molecule has 2 aromatic heterocycles. The highest BCUT2D eigenvalue weighted by Gasteiger charge is 2.19.